The third-order valence-corrected chi connectivity index (χ3v) is 5.45. The molecule has 1 aliphatic rings. The van der Waals surface area contributed by atoms with Gasteiger partial charge in [0.15, 0.2) is 0 Å². The molecule has 146 valence electrons. The Hall–Kier alpha value is -1.89. The highest BCUT2D eigenvalue weighted by atomic mass is 35.5. The van der Waals surface area contributed by atoms with Gasteiger partial charge in [-0.1, -0.05) is 26.0 Å². The summed E-state index contributed by atoms with van der Waals surface area (Å²) in [6.07, 6.45) is 0. The van der Waals surface area contributed by atoms with Crippen molar-refractivity contribution in [2.24, 2.45) is 0 Å². The van der Waals surface area contributed by atoms with Gasteiger partial charge in [-0.2, -0.15) is 0 Å². The van der Waals surface area contributed by atoms with E-state index in [0.29, 0.717) is 35.1 Å². The minimum atomic E-state index is -0.189. The van der Waals surface area contributed by atoms with Crippen molar-refractivity contribution in [2.75, 3.05) is 25.0 Å². The number of anilines is 1. The first-order valence-corrected chi connectivity index (χ1v) is 9.85. The zero-order valence-electron chi connectivity index (χ0n) is 15.8. The average Bonchev–Trinajstić information content (AvgIpc) is 3.09. The highest BCUT2D eigenvalue weighted by Crippen LogP contribution is 2.26. The second-order valence-electron chi connectivity index (χ2n) is 7.00. The van der Waals surface area contributed by atoms with Gasteiger partial charge in [0.2, 0.25) is 0 Å². The summed E-state index contributed by atoms with van der Waals surface area (Å²) < 4.78 is 0. The van der Waals surface area contributed by atoms with Crippen molar-refractivity contribution in [3.63, 3.8) is 0 Å². The van der Waals surface area contributed by atoms with E-state index in [0.717, 1.165) is 6.54 Å². The highest BCUT2D eigenvalue weighted by Gasteiger charge is 2.24. The van der Waals surface area contributed by atoms with Crippen molar-refractivity contribution in [3.8, 4) is 0 Å². The van der Waals surface area contributed by atoms with Crippen LogP contribution >= 0.6 is 23.7 Å². The number of hydrogen-bond acceptors (Lipinski definition) is 4. The maximum absolute atomic E-state index is 12.8. The van der Waals surface area contributed by atoms with Gasteiger partial charge >= 0.3 is 0 Å². The maximum Gasteiger partial charge on any atom is 0.256 e. The molecular weight excluding hydrogens is 382 g/mol. The minimum absolute atomic E-state index is 0. The summed E-state index contributed by atoms with van der Waals surface area (Å²) in [5, 5.41) is 8.69. The number of piperazine rings is 1. The van der Waals surface area contributed by atoms with E-state index in [1.807, 2.05) is 34.5 Å². The van der Waals surface area contributed by atoms with Crippen molar-refractivity contribution < 1.29 is 9.59 Å². The van der Waals surface area contributed by atoms with Gasteiger partial charge in [-0.05, 0) is 42.0 Å². The Balaban J connectivity index is 0.00000261. The monoisotopic (exact) mass is 407 g/mol. The van der Waals surface area contributed by atoms with E-state index < -0.39 is 0 Å². The van der Waals surface area contributed by atoms with Crippen LogP contribution in [0.2, 0.25) is 0 Å². The molecule has 0 spiro atoms. The molecule has 1 aromatic carbocycles. The molecule has 0 bridgehead atoms. The summed E-state index contributed by atoms with van der Waals surface area (Å²) >= 11 is 1.38. The number of benzene rings is 1. The Labute approximate surface area is 170 Å². The molecule has 2 amide bonds. The predicted octanol–water partition coefficient (Wildman–Crippen LogP) is 3.98. The molecule has 2 N–H and O–H groups in total. The molecule has 2 heterocycles. The first kappa shape index (κ1) is 21.4. The fourth-order valence-electron chi connectivity index (χ4n) is 3.06. The Kier molecular flexibility index (Phi) is 7.41. The third kappa shape index (κ3) is 5.09. The second-order valence-corrected chi connectivity index (χ2v) is 7.92. The van der Waals surface area contributed by atoms with E-state index in [4.69, 9.17) is 0 Å². The molecule has 0 radical (unpaired) electrons. The van der Waals surface area contributed by atoms with Crippen molar-refractivity contribution in [1.82, 2.24) is 10.2 Å². The summed E-state index contributed by atoms with van der Waals surface area (Å²) in [6, 6.07) is 9.68. The van der Waals surface area contributed by atoms with Gasteiger partial charge in [-0.25, -0.2) is 0 Å². The maximum atomic E-state index is 12.8. The Morgan fingerprint density at radius 1 is 1.22 bits per heavy atom. The van der Waals surface area contributed by atoms with E-state index >= 15 is 0 Å². The molecule has 1 saturated heterocycles. The predicted molar refractivity (Wildman–Crippen MR) is 113 cm³/mol. The largest absolute Gasteiger partial charge is 0.336 e. The van der Waals surface area contributed by atoms with E-state index in [1.165, 1.54) is 16.9 Å². The Bertz CT molecular complexity index is 789. The van der Waals surface area contributed by atoms with Crippen LogP contribution in [0.25, 0.3) is 0 Å². The number of thiophene rings is 1. The summed E-state index contributed by atoms with van der Waals surface area (Å²) in [5.74, 6) is 0.214. The smallest absolute Gasteiger partial charge is 0.256 e. The van der Waals surface area contributed by atoms with Gasteiger partial charge < -0.3 is 15.5 Å². The normalized spacial score (nSPS) is 16.7. The number of halogens is 1. The van der Waals surface area contributed by atoms with Crippen molar-refractivity contribution in [3.05, 3.63) is 52.4 Å². The van der Waals surface area contributed by atoms with Crippen LogP contribution < -0.4 is 10.6 Å². The van der Waals surface area contributed by atoms with E-state index in [9.17, 15) is 9.59 Å². The lowest BCUT2D eigenvalue weighted by Crippen LogP contribution is -2.51. The van der Waals surface area contributed by atoms with Crippen LogP contribution in [0.4, 0.5) is 5.00 Å². The van der Waals surface area contributed by atoms with Crippen LogP contribution in [-0.2, 0) is 0 Å². The molecule has 5 nitrogen and oxygen atoms in total. The lowest BCUT2D eigenvalue weighted by atomic mass is 10.0. The number of nitrogens with zero attached hydrogens (tertiary/aromatic N) is 1. The number of carbonyl (C=O) groups excluding carboxylic acids is 2. The fraction of sp³-hybridized carbons (Fsp3) is 0.400. The highest BCUT2D eigenvalue weighted by molar-refractivity contribution is 7.14. The number of nitrogens with one attached hydrogen (secondary N) is 2. The SMILES string of the molecule is CC1CN(C(=O)c2ccsc2NC(=O)c2ccc(C(C)C)cc2)CCN1.Cl. The topological polar surface area (TPSA) is 61.4 Å². The molecule has 1 unspecified atom stereocenters. The second kappa shape index (κ2) is 9.35. The van der Waals surface area contributed by atoms with Crippen molar-refractivity contribution in [1.29, 1.82) is 0 Å². The molecule has 27 heavy (non-hydrogen) atoms. The van der Waals surface area contributed by atoms with Gasteiger partial charge in [0.25, 0.3) is 11.8 Å². The van der Waals surface area contributed by atoms with Gasteiger partial charge in [0, 0.05) is 31.2 Å². The summed E-state index contributed by atoms with van der Waals surface area (Å²) in [7, 11) is 0. The third-order valence-electron chi connectivity index (χ3n) is 4.62. The molecule has 1 aromatic heterocycles. The van der Waals surface area contributed by atoms with Crippen molar-refractivity contribution >= 4 is 40.6 Å². The zero-order valence-corrected chi connectivity index (χ0v) is 17.5. The minimum Gasteiger partial charge on any atom is -0.336 e. The average molecular weight is 408 g/mol. The summed E-state index contributed by atoms with van der Waals surface area (Å²) in [4.78, 5) is 27.2. The number of amides is 2. The van der Waals surface area contributed by atoms with Gasteiger partial charge in [-0.3, -0.25) is 9.59 Å². The quantitative estimate of drug-likeness (QED) is 0.805. The molecule has 0 saturated carbocycles. The van der Waals surface area contributed by atoms with E-state index in [2.05, 4.69) is 31.4 Å². The van der Waals surface area contributed by atoms with Crippen LogP contribution in [-0.4, -0.2) is 42.4 Å². The van der Waals surface area contributed by atoms with Gasteiger partial charge in [-0.15, -0.1) is 23.7 Å². The van der Waals surface area contributed by atoms with Gasteiger partial charge in [0.05, 0.1) is 5.56 Å². The Morgan fingerprint density at radius 3 is 2.56 bits per heavy atom. The van der Waals surface area contributed by atoms with E-state index in [-0.39, 0.29) is 30.3 Å². The van der Waals surface area contributed by atoms with E-state index in [1.54, 1.807) is 6.07 Å². The van der Waals surface area contributed by atoms with Crippen LogP contribution in [0.15, 0.2) is 35.7 Å². The fourth-order valence-corrected chi connectivity index (χ4v) is 3.83. The molecule has 1 atom stereocenters. The molecule has 1 fully saturated rings. The molecule has 3 rings (SSSR count). The van der Waals surface area contributed by atoms with Crippen LogP contribution in [0.3, 0.4) is 0 Å². The molecule has 0 aliphatic carbocycles. The molecule has 7 heteroatoms. The lowest BCUT2D eigenvalue weighted by molar-refractivity contribution is 0.0710. The lowest BCUT2D eigenvalue weighted by Gasteiger charge is -2.32. The standard InChI is InChI=1S/C20H25N3O2S.ClH/c1-13(2)15-4-6-16(7-5-15)18(24)22-19-17(8-11-26-19)20(25)23-10-9-21-14(3)12-23;/h4-8,11,13-14,21H,9-10,12H2,1-3H3,(H,22,24);1H. The van der Waals surface area contributed by atoms with Crippen LogP contribution in [0, 0.1) is 0 Å². The van der Waals surface area contributed by atoms with Crippen LogP contribution in [0.5, 0.6) is 0 Å². The first-order valence-electron chi connectivity index (χ1n) is 8.97. The first-order chi connectivity index (χ1) is 12.5. The van der Waals surface area contributed by atoms with Crippen molar-refractivity contribution in [2.45, 2.75) is 32.7 Å². The zero-order chi connectivity index (χ0) is 18.7. The number of rotatable bonds is 4. The Morgan fingerprint density at radius 2 is 1.93 bits per heavy atom. The number of carbonyl (C=O) groups is 2. The van der Waals surface area contributed by atoms with Crippen LogP contribution in [0.1, 0.15) is 53.0 Å². The number of hydrogen-bond donors (Lipinski definition) is 2. The summed E-state index contributed by atoms with van der Waals surface area (Å²) in [6.45, 7) is 8.46. The molecular formula is C20H26ClN3O2S. The molecule has 2 aromatic rings. The van der Waals surface area contributed by atoms with Gasteiger partial charge in [0.1, 0.15) is 5.00 Å². The molecule has 1 aliphatic heterocycles. The summed E-state index contributed by atoms with van der Waals surface area (Å²) in [5.41, 5.74) is 2.36.